The van der Waals surface area contributed by atoms with Crippen LogP contribution in [0.4, 0.5) is 0 Å². The smallest absolute Gasteiger partial charge is 0.0587 e. The monoisotopic (exact) mass is 147 g/mol. The highest BCUT2D eigenvalue weighted by Crippen LogP contribution is 1.96. The van der Waals surface area contributed by atoms with Crippen LogP contribution in [0.25, 0.3) is 0 Å². The number of hydrogen-bond donors (Lipinski definition) is 0. The molecule has 0 atom stereocenters. The van der Waals surface area contributed by atoms with E-state index in [9.17, 15) is 0 Å². The Bertz CT molecular complexity index is 208. The molecule has 0 aliphatic rings. The highest BCUT2D eigenvalue weighted by molar-refractivity contribution is 5.13. The van der Waals surface area contributed by atoms with Gasteiger partial charge in [-0.2, -0.15) is 5.26 Å². The number of benzene rings is 1. The Hall–Kier alpha value is -1.29. The Labute approximate surface area is 68.3 Å². The van der Waals surface area contributed by atoms with Crippen LogP contribution in [0.1, 0.15) is 19.4 Å². The average molecular weight is 147 g/mol. The van der Waals surface area contributed by atoms with Crippen molar-refractivity contribution in [3.05, 3.63) is 35.9 Å². The minimum Gasteiger partial charge on any atom is -0.199 e. The van der Waals surface area contributed by atoms with Gasteiger partial charge in [-0.25, -0.2) is 0 Å². The van der Waals surface area contributed by atoms with E-state index in [1.165, 1.54) is 12.5 Å². The molecule has 11 heavy (non-hydrogen) atoms. The molecule has 1 nitrogen and oxygen atoms in total. The number of aryl methyl sites for hydroxylation is 1. The summed E-state index contributed by atoms with van der Waals surface area (Å²) in [5.41, 5.74) is 1.41. The summed E-state index contributed by atoms with van der Waals surface area (Å²) in [7, 11) is 0. The van der Waals surface area contributed by atoms with Crippen molar-refractivity contribution >= 4 is 0 Å². The first-order chi connectivity index (χ1) is 5.35. The summed E-state index contributed by atoms with van der Waals surface area (Å²) in [4.78, 5) is 0. The third kappa shape index (κ3) is 5.17. The van der Waals surface area contributed by atoms with Gasteiger partial charge in [-0.05, 0) is 12.0 Å². The van der Waals surface area contributed by atoms with Crippen molar-refractivity contribution in [1.29, 1.82) is 5.26 Å². The summed E-state index contributed by atoms with van der Waals surface area (Å²) >= 11 is 0. The molecule has 0 aliphatic heterocycles. The van der Waals surface area contributed by atoms with Crippen LogP contribution < -0.4 is 0 Å². The predicted molar refractivity (Wildman–Crippen MR) is 47.1 cm³/mol. The number of nitriles is 1. The third-order valence-corrected chi connectivity index (χ3v) is 1.25. The van der Waals surface area contributed by atoms with E-state index in [2.05, 4.69) is 31.2 Å². The van der Waals surface area contributed by atoms with Crippen molar-refractivity contribution in [3.63, 3.8) is 0 Å². The van der Waals surface area contributed by atoms with Crippen LogP contribution in [0.5, 0.6) is 0 Å². The minimum atomic E-state index is 1.14. The van der Waals surface area contributed by atoms with Gasteiger partial charge in [-0.1, -0.05) is 37.3 Å². The molecule has 1 aromatic carbocycles. The maximum atomic E-state index is 7.32. The minimum absolute atomic E-state index is 1.14. The Morgan fingerprint density at radius 3 is 2.00 bits per heavy atom. The summed E-state index contributed by atoms with van der Waals surface area (Å²) in [6, 6.07) is 12.2. The summed E-state index contributed by atoms with van der Waals surface area (Å²) < 4.78 is 0. The van der Waals surface area contributed by atoms with Crippen LogP contribution in [-0.2, 0) is 6.42 Å². The van der Waals surface area contributed by atoms with Gasteiger partial charge in [0.25, 0.3) is 0 Å². The average Bonchev–Trinajstić information content (AvgIpc) is 2.08. The quantitative estimate of drug-likeness (QED) is 0.599. The highest BCUT2D eigenvalue weighted by Gasteiger charge is 1.79. The molecule has 0 unspecified atom stereocenters. The fourth-order valence-corrected chi connectivity index (χ4v) is 0.714. The standard InChI is InChI=1S/C8H10.C2H3N/c1-2-8-6-4-3-5-7-8;1-2-3/h3-7H,2H2,1H3;1H3. The van der Waals surface area contributed by atoms with Gasteiger partial charge in [0.1, 0.15) is 0 Å². The van der Waals surface area contributed by atoms with Crippen molar-refractivity contribution in [1.82, 2.24) is 0 Å². The Morgan fingerprint density at radius 1 is 1.27 bits per heavy atom. The van der Waals surface area contributed by atoms with E-state index in [0.717, 1.165) is 6.42 Å². The van der Waals surface area contributed by atoms with E-state index >= 15 is 0 Å². The molecule has 0 saturated heterocycles. The first kappa shape index (κ1) is 9.71. The molecule has 58 valence electrons. The summed E-state index contributed by atoms with van der Waals surface area (Å²) in [5.74, 6) is 0. The fourth-order valence-electron chi connectivity index (χ4n) is 0.714. The van der Waals surface area contributed by atoms with Crippen LogP contribution in [0.3, 0.4) is 0 Å². The topological polar surface area (TPSA) is 23.8 Å². The zero-order valence-corrected chi connectivity index (χ0v) is 7.04. The molecule has 0 heterocycles. The molecule has 1 rings (SSSR count). The predicted octanol–water partition coefficient (Wildman–Crippen LogP) is 2.78. The van der Waals surface area contributed by atoms with Gasteiger partial charge in [0.05, 0.1) is 6.07 Å². The molecule has 0 saturated carbocycles. The number of rotatable bonds is 1. The summed E-state index contributed by atoms with van der Waals surface area (Å²) in [6.45, 7) is 3.59. The molecular weight excluding hydrogens is 134 g/mol. The van der Waals surface area contributed by atoms with Crippen LogP contribution in [0.2, 0.25) is 0 Å². The van der Waals surface area contributed by atoms with Crippen molar-refractivity contribution < 1.29 is 0 Å². The van der Waals surface area contributed by atoms with Crippen molar-refractivity contribution in [3.8, 4) is 6.07 Å². The lowest BCUT2D eigenvalue weighted by Crippen LogP contribution is -1.73. The molecule has 0 spiro atoms. The molecule has 0 fully saturated rings. The second-order valence-electron chi connectivity index (χ2n) is 2.06. The first-order valence-corrected chi connectivity index (χ1v) is 3.69. The number of hydrogen-bond acceptors (Lipinski definition) is 1. The third-order valence-electron chi connectivity index (χ3n) is 1.25. The second kappa shape index (κ2) is 6.82. The summed E-state index contributed by atoms with van der Waals surface area (Å²) in [6.07, 6.45) is 1.14. The van der Waals surface area contributed by atoms with Crippen molar-refractivity contribution in [2.45, 2.75) is 20.3 Å². The van der Waals surface area contributed by atoms with Crippen LogP contribution in [0, 0.1) is 11.3 Å². The lowest BCUT2D eigenvalue weighted by Gasteiger charge is -1.89. The zero-order valence-electron chi connectivity index (χ0n) is 7.04. The normalized spacial score (nSPS) is 7.36. The van der Waals surface area contributed by atoms with Crippen molar-refractivity contribution in [2.24, 2.45) is 0 Å². The van der Waals surface area contributed by atoms with Crippen LogP contribution >= 0.6 is 0 Å². The van der Waals surface area contributed by atoms with Gasteiger partial charge in [0.2, 0.25) is 0 Å². The van der Waals surface area contributed by atoms with E-state index < -0.39 is 0 Å². The molecule has 0 radical (unpaired) electrons. The molecule has 0 aliphatic carbocycles. The largest absolute Gasteiger partial charge is 0.199 e. The lowest BCUT2D eigenvalue weighted by molar-refractivity contribution is 1.14. The van der Waals surface area contributed by atoms with E-state index in [0.29, 0.717) is 0 Å². The Morgan fingerprint density at radius 2 is 1.73 bits per heavy atom. The second-order valence-corrected chi connectivity index (χ2v) is 2.06. The van der Waals surface area contributed by atoms with Crippen molar-refractivity contribution in [2.75, 3.05) is 0 Å². The molecule has 1 aromatic rings. The Kier molecular flexibility index (Phi) is 6.02. The molecular formula is C10H13N. The zero-order chi connectivity index (χ0) is 8.53. The van der Waals surface area contributed by atoms with Gasteiger partial charge in [0.15, 0.2) is 0 Å². The Balaban J connectivity index is 0.000000292. The SMILES string of the molecule is CC#N.CCc1ccccc1. The molecule has 0 amide bonds. The van der Waals surface area contributed by atoms with E-state index in [-0.39, 0.29) is 0 Å². The molecule has 0 N–H and O–H groups in total. The van der Waals surface area contributed by atoms with Gasteiger partial charge in [-0.15, -0.1) is 0 Å². The van der Waals surface area contributed by atoms with Crippen LogP contribution in [-0.4, -0.2) is 0 Å². The number of nitrogens with zero attached hydrogens (tertiary/aromatic N) is 1. The maximum Gasteiger partial charge on any atom is 0.0587 e. The van der Waals surface area contributed by atoms with Crippen LogP contribution in [0.15, 0.2) is 30.3 Å². The lowest BCUT2D eigenvalue weighted by atomic mass is 10.2. The molecule has 0 bridgehead atoms. The van der Waals surface area contributed by atoms with Gasteiger partial charge < -0.3 is 0 Å². The highest BCUT2D eigenvalue weighted by atomic mass is 14.2. The molecule has 1 heteroatoms. The maximum absolute atomic E-state index is 7.32. The van der Waals surface area contributed by atoms with E-state index in [1.54, 1.807) is 6.07 Å². The fraction of sp³-hybridized carbons (Fsp3) is 0.300. The van der Waals surface area contributed by atoms with E-state index in [1.807, 2.05) is 6.07 Å². The van der Waals surface area contributed by atoms with Gasteiger partial charge in [0, 0.05) is 6.92 Å². The van der Waals surface area contributed by atoms with Gasteiger partial charge in [-0.3, -0.25) is 0 Å². The van der Waals surface area contributed by atoms with E-state index in [4.69, 9.17) is 5.26 Å². The van der Waals surface area contributed by atoms with Gasteiger partial charge >= 0.3 is 0 Å². The molecule has 0 aromatic heterocycles. The summed E-state index contributed by atoms with van der Waals surface area (Å²) in [5, 5.41) is 7.32. The first-order valence-electron chi connectivity index (χ1n) is 3.69.